The zero-order chi connectivity index (χ0) is 12.8. The van der Waals surface area contributed by atoms with Crippen LogP contribution in [0.4, 0.5) is 0 Å². The average Bonchev–Trinajstić information content (AvgIpc) is 2.13. The number of halogens is 4. The molecule has 0 aliphatic carbocycles. The Balaban J connectivity index is 5.18. The van der Waals surface area contributed by atoms with E-state index < -0.39 is 17.2 Å². The molecule has 1 unspecified atom stereocenters. The third-order valence-corrected chi connectivity index (χ3v) is 4.95. The molecule has 0 aliphatic heterocycles. The van der Waals surface area contributed by atoms with Gasteiger partial charge in [0.1, 0.15) is 0 Å². The highest BCUT2D eigenvalue weighted by Gasteiger charge is 2.48. The molecule has 1 atom stereocenters. The van der Waals surface area contributed by atoms with Gasteiger partial charge in [0.05, 0.1) is 18.9 Å². The molecule has 0 aromatic heterocycles. The van der Waals surface area contributed by atoms with Gasteiger partial charge in [-0.1, -0.05) is 46.4 Å². The van der Waals surface area contributed by atoms with E-state index in [4.69, 9.17) is 55.5 Å². The molecular weight excluding hydrogens is 319 g/mol. The van der Waals surface area contributed by atoms with Crippen LogP contribution in [0.5, 0.6) is 0 Å². The standard InChI is InChI=1S/C7H12Cl4NO3P/c1-3-14-16(13,15-4-2)6(12-5-8)7(9,10)11/h5-6H,3-4H2,1-2H3/b12-5+. The van der Waals surface area contributed by atoms with Gasteiger partial charge in [-0.25, -0.2) is 0 Å². The van der Waals surface area contributed by atoms with Crippen molar-refractivity contribution in [2.45, 2.75) is 23.4 Å². The minimum absolute atomic E-state index is 0.145. The van der Waals surface area contributed by atoms with Crippen molar-refractivity contribution in [1.29, 1.82) is 0 Å². The van der Waals surface area contributed by atoms with Gasteiger partial charge in [-0.05, 0) is 13.8 Å². The molecule has 96 valence electrons. The Bertz CT molecular complexity index is 271. The molecule has 0 bridgehead atoms. The molecule has 0 saturated heterocycles. The van der Waals surface area contributed by atoms with E-state index in [0.29, 0.717) is 0 Å². The average molecular weight is 331 g/mol. The summed E-state index contributed by atoms with van der Waals surface area (Å²) in [6.45, 7) is 3.58. The predicted molar refractivity (Wildman–Crippen MR) is 69.3 cm³/mol. The molecule has 0 amide bonds. The fraction of sp³-hybridized carbons (Fsp3) is 0.857. The number of rotatable bonds is 6. The maximum absolute atomic E-state index is 12.3. The van der Waals surface area contributed by atoms with Crippen LogP contribution in [0.3, 0.4) is 0 Å². The lowest BCUT2D eigenvalue weighted by atomic mass is 10.7. The Morgan fingerprint density at radius 3 is 2.00 bits per heavy atom. The van der Waals surface area contributed by atoms with Gasteiger partial charge in [0.15, 0.2) is 5.78 Å². The first-order valence-electron chi connectivity index (χ1n) is 4.39. The largest absolute Gasteiger partial charge is 0.359 e. The number of alkyl halides is 3. The monoisotopic (exact) mass is 329 g/mol. The van der Waals surface area contributed by atoms with Crippen LogP contribution in [0, 0.1) is 0 Å². The number of aliphatic imine (C=N–C) groups is 1. The summed E-state index contributed by atoms with van der Waals surface area (Å²) in [5.74, 6) is -1.29. The van der Waals surface area contributed by atoms with Crippen molar-refractivity contribution >= 4 is 59.7 Å². The van der Waals surface area contributed by atoms with Crippen LogP contribution in [0.2, 0.25) is 0 Å². The van der Waals surface area contributed by atoms with Gasteiger partial charge in [0, 0.05) is 0 Å². The summed E-state index contributed by atoms with van der Waals surface area (Å²) in [6.07, 6.45) is 0. The molecule has 16 heavy (non-hydrogen) atoms. The first kappa shape index (κ1) is 17.0. The molecule has 0 N–H and O–H groups in total. The van der Waals surface area contributed by atoms with Crippen molar-refractivity contribution in [1.82, 2.24) is 0 Å². The molecule has 0 aliphatic rings. The maximum atomic E-state index is 12.3. The molecule has 0 fully saturated rings. The summed E-state index contributed by atoms with van der Waals surface area (Å²) < 4.78 is 20.4. The number of hydrogen-bond donors (Lipinski definition) is 0. The molecule has 0 heterocycles. The van der Waals surface area contributed by atoms with Crippen molar-refractivity contribution in [2.75, 3.05) is 13.2 Å². The van der Waals surface area contributed by atoms with Gasteiger partial charge in [0.2, 0.25) is 3.79 Å². The van der Waals surface area contributed by atoms with Gasteiger partial charge in [-0.3, -0.25) is 9.56 Å². The Hall–Kier alpha value is 0.980. The van der Waals surface area contributed by atoms with Crippen molar-refractivity contribution in [3.05, 3.63) is 0 Å². The molecular formula is C7H12Cl4NO3P. The molecule has 0 aromatic carbocycles. The van der Waals surface area contributed by atoms with E-state index in [-0.39, 0.29) is 13.2 Å². The van der Waals surface area contributed by atoms with E-state index in [2.05, 4.69) is 4.99 Å². The van der Waals surface area contributed by atoms with E-state index in [9.17, 15) is 4.57 Å². The normalized spacial score (nSPS) is 15.6. The van der Waals surface area contributed by atoms with E-state index in [0.717, 1.165) is 5.67 Å². The maximum Gasteiger partial charge on any atom is 0.359 e. The highest BCUT2D eigenvalue weighted by Crippen LogP contribution is 2.60. The summed E-state index contributed by atoms with van der Waals surface area (Å²) in [6, 6.07) is 0. The van der Waals surface area contributed by atoms with E-state index in [1.54, 1.807) is 13.8 Å². The highest BCUT2D eigenvalue weighted by molar-refractivity contribution is 7.55. The van der Waals surface area contributed by atoms with Gasteiger partial charge in [-0.2, -0.15) is 0 Å². The van der Waals surface area contributed by atoms with Gasteiger partial charge in [-0.15, -0.1) is 0 Å². The quantitative estimate of drug-likeness (QED) is 0.416. The van der Waals surface area contributed by atoms with Crippen molar-refractivity contribution in [2.24, 2.45) is 4.99 Å². The minimum Gasteiger partial charge on any atom is -0.307 e. The third-order valence-electron chi connectivity index (χ3n) is 1.41. The van der Waals surface area contributed by atoms with Crippen LogP contribution in [0.25, 0.3) is 0 Å². The van der Waals surface area contributed by atoms with Crippen molar-refractivity contribution in [3.63, 3.8) is 0 Å². The Labute approximate surface area is 115 Å². The van der Waals surface area contributed by atoms with Crippen LogP contribution in [-0.2, 0) is 13.6 Å². The zero-order valence-electron chi connectivity index (χ0n) is 8.70. The second kappa shape index (κ2) is 7.42. The first-order valence-corrected chi connectivity index (χ1v) is 7.57. The van der Waals surface area contributed by atoms with E-state index >= 15 is 0 Å². The molecule has 0 saturated carbocycles. The SMILES string of the molecule is CCOP(=O)(OCC)C(/N=C/Cl)C(Cl)(Cl)Cl. The Morgan fingerprint density at radius 2 is 1.75 bits per heavy atom. The summed E-state index contributed by atoms with van der Waals surface area (Å²) in [7, 11) is -3.65. The smallest absolute Gasteiger partial charge is 0.307 e. The Morgan fingerprint density at radius 1 is 1.31 bits per heavy atom. The van der Waals surface area contributed by atoms with Crippen LogP contribution in [0.1, 0.15) is 13.8 Å². The molecule has 0 aromatic rings. The van der Waals surface area contributed by atoms with Crippen LogP contribution >= 0.6 is 54.0 Å². The number of hydrogen-bond acceptors (Lipinski definition) is 4. The summed E-state index contributed by atoms with van der Waals surface area (Å²) >= 11 is 22.3. The van der Waals surface area contributed by atoms with Crippen molar-refractivity contribution < 1.29 is 13.6 Å². The lowest BCUT2D eigenvalue weighted by Gasteiger charge is -2.27. The summed E-state index contributed by atoms with van der Waals surface area (Å²) in [5.41, 5.74) is 0.872. The van der Waals surface area contributed by atoms with Crippen LogP contribution in [0.15, 0.2) is 4.99 Å². The van der Waals surface area contributed by atoms with Gasteiger partial charge >= 0.3 is 7.60 Å². The summed E-state index contributed by atoms with van der Waals surface area (Å²) in [5, 5.41) is 0. The van der Waals surface area contributed by atoms with Crippen LogP contribution in [-0.4, -0.2) is 28.5 Å². The lowest BCUT2D eigenvalue weighted by Crippen LogP contribution is -2.26. The molecule has 0 rings (SSSR count). The fourth-order valence-corrected chi connectivity index (χ4v) is 4.04. The number of nitrogens with zero attached hydrogens (tertiary/aromatic N) is 1. The third kappa shape index (κ3) is 5.09. The molecule has 0 radical (unpaired) electrons. The molecule has 9 heteroatoms. The van der Waals surface area contributed by atoms with Gasteiger partial charge in [0.25, 0.3) is 0 Å². The van der Waals surface area contributed by atoms with Crippen molar-refractivity contribution in [3.8, 4) is 0 Å². The Kier molecular flexibility index (Phi) is 7.88. The first-order chi connectivity index (χ1) is 7.31. The van der Waals surface area contributed by atoms with Gasteiger partial charge < -0.3 is 9.05 Å². The van der Waals surface area contributed by atoms with E-state index in [1.165, 1.54) is 0 Å². The second-order valence-electron chi connectivity index (χ2n) is 2.54. The zero-order valence-corrected chi connectivity index (χ0v) is 12.6. The van der Waals surface area contributed by atoms with Crippen LogP contribution < -0.4 is 0 Å². The van der Waals surface area contributed by atoms with E-state index in [1.807, 2.05) is 0 Å². The fourth-order valence-electron chi connectivity index (χ4n) is 0.937. The topological polar surface area (TPSA) is 47.9 Å². The molecule has 4 nitrogen and oxygen atoms in total. The predicted octanol–water partition coefficient (Wildman–Crippen LogP) is 4.22. The minimum atomic E-state index is -3.65. The lowest BCUT2D eigenvalue weighted by molar-refractivity contribution is 0.212. The molecule has 0 spiro atoms. The highest BCUT2D eigenvalue weighted by atomic mass is 35.6. The second-order valence-corrected chi connectivity index (χ2v) is 7.19. The summed E-state index contributed by atoms with van der Waals surface area (Å²) in [4.78, 5) is 3.64.